The summed E-state index contributed by atoms with van der Waals surface area (Å²) in [5, 5.41) is 10.1. The van der Waals surface area contributed by atoms with E-state index in [9.17, 15) is 5.11 Å². The number of hydrogen-bond acceptors (Lipinski definition) is 5. The minimum Gasteiger partial charge on any atom is -0.507 e. The van der Waals surface area contributed by atoms with Crippen molar-refractivity contribution in [3.63, 3.8) is 0 Å². The van der Waals surface area contributed by atoms with Crippen molar-refractivity contribution < 1.29 is 14.6 Å². The largest absolute Gasteiger partial charge is 0.507 e. The lowest BCUT2D eigenvalue weighted by molar-refractivity contribution is 0.306. The Balaban J connectivity index is 2.06. The molecule has 0 saturated carbocycles. The molecule has 1 atom stereocenters. The number of ether oxygens (including phenoxy) is 2. The van der Waals surface area contributed by atoms with Gasteiger partial charge in [0.1, 0.15) is 17.2 Å². The van der Waals surface area contributed by atoms with Crippen molar-refractivity contribution in [1.29, 1.82) is 0 Å². The summed E-state index contributed by atoms with van der Waals surface area (Å²) in [6.45, 7) is 3.27. The summed E-state index contributed by atoms with van der Waals surface area (Å²) in [7, 11) is 5.72. The molecule has 0 aliphatic carbocycles. The molecular formula is C21H28N2O3. The second-order valence-electron chi connectivity index (χ2n) is 6.32. The van der Waals surface area contributed by atoms with Crippen molar-refractivity contribution in [3.05, 3.63) is 53.6 Å². The standard InChI is InChI=1S/C21H28N2O3/c1-5-12-26-19-11-8-17(21(24)13-19)14-22-15-20(23(2)3)16-6-9-18(25-4)10-7-16/h6-11,13-14,20,24H,5,12,15H2,1-4H3/t20-/m0/s1. The van der Waals surface area contributed by atoms with Crippen LogP contribution in [0, 0.1) is 0 Å². The molecule has 140 valence electrons. The van der Waals surface area contributed by atoms with E-state index in [-0.39, 0.29) is 11.8 Å². The van der Waals surface area contributed by atoms with Gasteiger partial charge in [-0.3, -0.25) is 4.99 Å². The van der Waals surface area contributed by atoms with Gasteiger partial charge in [-0.2, -0.15) is 0 Å². The SMILES string of the molecule is CCCOc1ccc(C=NC[C@@H](c2ccc(OC)cc2)N(C)C)c(O)c1. The predicted octanol–water partition coefficient (Wildman–Crippen LogP) is 3.91. The third-order valence-corrected chi connectivity index (χ3v) is 4.11. The van der Waals surface area contributed by atoms with Crippen LogP contribution in [0.3, 0.4) is 0 Å². The van der Waals surface area contributed by atoms with Crippen molar-refractivity contribution >= 4 is 6.21 Å². The Morgan fingerprint density at radius 3 is 2.38 bits per heavy atom. The van der Waals surface area contributed by atoms with E-state index in [2.05, 4.69) is 22.0 Å². The van der Waals surface area contributed by atoms with Gasteiger partial charge < -0.3 is 19.5 Å². The minimum absolute atomic E-state index is 0.145. The van der Waals surface area contributed by atoms with Gasteiger partial charge in [-0.05, 0) is 50.3 Å². The number of methoxy groups -OCH3 is 1. The third-order valence-electron chi connectivity index (χ3n) is 4.11. The van der Waals surface area contributed by atoms with Gasteiger partial charge >= 0.3 is 0 Å². The molecule has 5 heteroatoms. The van der Waals surface area contributed by atoms with Crippen LogP contribution in [-0.2, 0) is 0 Å². The quantitative estimate of drug-likeness (QED) is 0.692. The van der Waals surface area contributed by atoms with E-state index in [0.29, 0.717) is 24.5 Å². The number of likely N-dealkylation sites (N-methyl/N-ethyl adjacent to an activating group) is 1. The van der Waals surface area contributed by atoms with Crippen LogP contribution in [-0.4, -0.2) is 50.6 Å². The molecule has 5 nitrogen and oxygen atoms in total. The highest BCUT2D eigenvalue weighted by atomic mass is 16.5. The monoisotopic (exact) mass is 356 g/mol. The zero-order valence-corrected chi connectivity index (χ0v) is 16.0. The molecule has 26 heavy (non-hydrogen) atoms. The molecular weight excluding hydrogens is 328 g/mol. The number of benzene rings is 2. The van der Waals surface area contributed by atoms with E-state index in [1.165, 1.54) is 5.56 Å². The number of aromatic hydroxyl groups is 1. The molecule has 0 aliphatic rings. The second-order valence-corrected chi connectivity index (χ2v) is 6.32. The lowest BCUT2D eigenvalue weighted by Crippen LogP contribution is -2.22. The number of hydrogen-bond donors (Lipinski definition) is 1. The lowest BCUT2D eigenvalue weighted by atomic mass is 10.1. The predicted molar refractivity (Wildman–Crippen MR) is 106 cm³/mol. The zero-order valence-electron chi connectivity index (χ0n) is 16.0. The van der Waals surface area contributed by atoms with E-state index >= 15 is 0 Å². The maximum Gasteiger partial charge on any atom is 0.128 e. The smallest absolute Gasteiger partial charge is 0.128 e. The van der Waals surface area contributed by atoms with Crippen LogP contribution in [0.2, 0.25) is 0 Å². The number of nitrogens with zero attached hydrogens (tertiary/aromatic N) is 2. The molecule has 0 unspecified atom stereocenters. The first-order valence-electron chi connectivity index (χ1n) is 8.81. The molecule has 0 spiro atoms. The van der Waals surface area contributed by atoms with Gasteiger partial charge in [0.05, 0.1) is 26.3 Å². The lowest BCUT2D eigenvalue weighted by Gasteiger charge is -2.23. The van der Waals surface area contributed by atoms with E-state index in [4.69, 9.17) is 9.47 Å². The van der Waals surface area contributed by atoms with Gasteiger partial charge in [-0.15, -0.1) is 0 Å². The fraction of sp³-hybridized carbons (Fsp3) is 0.381. The van der Waals surface area contributed by atoms with Crippen LogP contribution >= 0.6 is 0 Å². The van der Waals surface area contributed by atoms with Gasteiger partial charge in [0.15, 0.2) is 0 Å². The average Bonchev–Trinajstić information content (AvgIpc) is 2.64. The van der Waals surface area contributed by atoms with Crippen LogP contribution in [0.15, 0.2) is 47.5 Å². The Bertz CT molecular complexity index is 712. The summed E-state index contributed by atoms with van der Waals surface area (Å²) in [6, 6.07) is 13.5. The Labute approximate surface area is 155 Å². The Morgan fingerprint density at radius 2 is 1.81 bits per heavy atom. The summed E-state index contributed by atoms with van der Waals surface area (Å²) in [4.78, 5) is 6.66. The van der Waals surface area contributed by atoms with E-state index in [0.717, 1.165) is 12.2 Å². The van der Waals surface area contributed by atoms with E-state index < -0.39 is 0 Å². The summed E-state index contributed by atoms with van der Waals surface area (Å²) in [5.41, 5.74) is 1.85. The fourth-order valence-electron chi connectivity index (χ4n) is 2.59. The first-order chi connectivity index (χ1) is 12.5. The van der Waals surface area contributed by atoms with Gasteiger partial charge in [0, 0.05) is 17.8 Å². The molecule has 0 radical (unpaired) electrons. The third kappa shape index (κ3) is 5.49. The molecule has 2 aromatic rings. The molecule has 1 N–H and O–H groups in total. The zero-order chi connectivity index (χ0) is 18.9. The average molecular weight is 356 g/mol. The van der Waals surface area contributed by atoms with Crippen LogP contribution in [0.4, 0.5) is 0 Å². The highest BCUT2D eigenvalue weighted by Gasteiger charge is 2.13. The topological polar surface area (TPSA) is 54.3 Å². The molecule has 0 fully saturated rings. The van der Waals surface area contributed by atoms with E-state index in [1.54, 1.807) is 19.4 Å². The summed E-state index contributed by atoms with van der Waals surface area (Å²) >= 11 is 0. The number of phenolic OH excluding ortho intramolecular Hbond substituents is 1. The van der Waals surface area contributed by atoms with Crippen molar-refractivity contribution in [2.75, 3.05) is 34.4 Å². The van der Waals surface area contributed by atoms with Gasteiger partial charge in [0.25, 0.3) is 0 Å². The minimum atomic E-state index is 0.145. The van der Waals surface area contributed by atoms with Crippen molar-refractivity contribution in [3.8, 4) is 17.2 Å². The maximum atomic E-state index is 10.1. The molecule has 2 rings (SSSR count). The van der Waals surface area contributed by atoms with Crippen LogP contribution in [0.1, 0.15) is 30.5 Å². The van der Waals surface area contributed by atoms with Crippen LogP contribution in [0.25, 0.3) is 0 Å². The normalized spacial score (nSPS) is 12.5. The molecule has 0 aromatic heterocycles. The molecule has 0 bridgehead atoms. The highest BCUT2D eigenvalue weighted by molar-refractivity contribution is 5.83. The van der Waals surface area contributed by atoms with Crippen LogP contribution < -0.4 is 9.47 Å². The van der Waals surface area contributed by atoms with Gasteiger partial charge in [-0.25, -0.2) is 0 Å². The first kappa shape index (κ1) is 19.8. The summed E-state index contributed by atoms with van der Waals surface area (Å²) < 4.78 is 10.7. The highest BCUT2D eigenvalue weighted by Crippen LogP contribution is 2.24. The Hall–Kier alpha value is -2.53. The fourth-order valence-corrected chi connectivity index (χ4v) is 2.59. The van der Waals surface area contributed by atoms with E-state index in [1.807, 2.05) is 45.3 Å². The Kier molecular flexibility index (Phi) is 7.48. The molecule has 0 aliphatic heterocycles. The maximum absolute atomic E-state index is 10.1. The number of aliphatic imine (C=N–C) groups is 1. The molecule has 0 amide bonds. The van der Waals surface area contributed by atoms with Crippen molar-refractivity contribution in [1.82, 2.24) is 4.90 Å². The summed E-state index contributed by atoms with van der Waals surface area (Å²) in [6.07, 6.45) is 2.64. The van der Waals surface area contributed by atoms with Gasteiger partial charge in [0.2, 0.25) is 0 Å². The molecule has 2 aromatic carbocycles. The van der Waals surface area contributed by atoms with Crippen molar-refractivity contribution in [2.24, 2.45) is 4.99 Å². The summed E-state index contributed by atoms with van der Waals surface area (Å²) in [5.74, 6) is 1.68. The first-order valence-corrected chi connectivity index (χ1v) is 8.81. The Morgan fingerprint density at radius 1 is 1.12 bits per heavy atom. The number of phenols is 1. The molecule has 0 saturated heterocycles. The van der Waals surface area contributed by atoms with Crippen LogP contribution in [0.5, 0.6) is 17.2 Å². The van der Waals surface area contributed by atoms with Crippen molar-refractivity contribution in [2.45, 2.75) is 19.4 Å². The molecule has 0 heterocycles. The number of rotatable bonds is 9. The second kappa shape index (κ2) is 9.82. The van der Waals surface area contributed by atoms with Gasteiger partial charge in [-0.1, -0.05) is 19.1 Å².